The van der Waals surface area contributed by atoms with Gasteiger partial charge in [-0.25, -0.2) is 0 Å². The van der Waals surface area contributed by atoms with Crippen molar-refractivity contribution in [2.75, 3.05) is 0 Å². The van der Waals surface area contributed by atoms with Crippen molar-refractivity contribution in [1.29, 1.82) is 0 Å². The summed E-state index contributed by atoms with van der Waals surface area (Å²) in [5.41, 5.74) is 0.0565. The lowest BCUT2D eigenvalue weighted by atomic mass is 9.85. The Labute approximate surface area is 158 Å². The van der Waals surface area contributed by atoms with Crippen LogP contribution in [-0.4, -0.2) is 33.7 Å². The lowest BCUT2D eigenvalue weighted by Crippen LogP contribution is -2.34. The lowest BCUT2D eigenvalue weighted by molar-refractivity contribution is -0.151. The first kappa shape index (κ1) is 19.6. The number of ketones is 2. The van der Waals surface area contributed by atoms with Gasteiger partial charge in [0.2, 0.25) is 11.6 Å². The van der Waals surface area contributed by atoms with Crippen molar-refractivity contribution in [2.24, 2.45) is 0 Å². The third-order valence-corrected chi connectivity index (χ3v) is 4.17. The van der Waals surface area contributed by atoms with Gasteiger partial charge in [0.15, 0.2) is 0 Å². The summed E-state index contributed by atoms with van der Waals surface area (Å²) >= 11 is 11.5. The quantitative estimate of drug-likeness (QED) is 0.551. The van der Waals surface area contributed by atoms with Gasteiger partial charge in [0.1, 0.15) is 11.8 Å². The third-order valence-electron chi connectivity index (χ3n) is 3.67. The van der Waals surface area contributed by atoms with Gasteiger partial charge < -0.3 is 10.2 Å². The molecule has 6 nitrogen and oxygen atoms in total. The minimum absolute atomic E-state index is 0.0282. The Balaban J connectivity index is 2.41. The molecule has 26 heavy (non-hydrogen) atoms. The monoisotopic (exact) mass is 394 g/mol. The largest absolute Gasteiger partial charge is 0.480 e. The Morgan fingerprint density at radius 3 is 1.12 bits per heavy atom. The SMILES string of the molecule is O=C(O)[C@H](C(=O)C(=O)[C@@H](C(=O)O)c1ccc(Cl)cc1)c1ccc(Cl)cc1. The first-order valence-corrected chi connectivity index (χ1v) is 8.02. The molecule has 134 valence electrons. The van der Waals surface area contributed by atoms with Crippen LogP contribution in [0.5, 0.6) is 0 Å². The summed E-state index contributed by atoms with van der Waals surface area (Å²) in [6, 6.07) is 10.7. The molecule has 0 heterocycles. The number of benzene rings is 2. The molecule has 2 rings (SSSR count). The van der Waals surface area contributed by atoms with Crippen LogP contribution in [0.1, 0.15) is 23.0 Å². The molecule has 0 saturated carbocycles. The third kappa shape index (κ3) is 4.28. The van der Waals surface area contributed by atoms with E-state index in [4.69, 9.17) is 23.2 Å². The normalized spacial score (nSPS) is 12.8. The van der Waals surface area contributed by atoms with Crippen LogP contribution in [0.4, 0.5) is 0 Å². The van der Waals surface area contributed by atoms with Crippen molar-refractivity contribution in [1.82, 2.24) is 0 Å². The summed E-state index contributed by atoms with van der Waals surface area (Å²) in [7, 11) is 0. The summed E-state index contributed by atoms with van der Waals surface area (Å²) in [5.74, 6) is -9.44. The number of halogens is 2. The maximum Gasteiger partial charge on any atom is 0.319 e. The standard InChI is InChI=1S/C18H12Cl2O6/c19-11-5-1-9(2-6-11)13(17(23)24)15(21)16(22)14(18(25)26)10-3-7-12(20)8-4-10/h1-8,13-14H,(H,23,24)(H,25,26)/t13-,14-/m0/s1. The second-order valence-corrected chi connectivity index (χ2v) is 6.25. The van der Waals surface area contributed by atoms with E-state index in [0.29, 0.717) is 10.0 Å². The van der Waals surface area contributed by atoms with Crippen molar-refractivity contribution in [3.05, 3.63) is 69.7 Å². The Hall–Kier alpha value is -2.70. The van der Waals surface area contributed by atoms with Gasteiger partial charge in [-0.05, 0) is 35.4 Å². The molecule has 0 unspecified atom stereocenters. The Kier molecular flexibility index (Phi) is 6.13. The van der Waals surface area contributed by atoms with Crippen LogP contribution in [0.2, 0.25) is 10.0 Å². The van der Waals surface area contributed by atoms with Crippen molar-refractivity contribution in [3.63, 3.8) is 0 Å². The maximum atomic E-state index is 12.5. The van der Waals surface area contributed by atoms with Crippen LogP contribution in [-0.2, 0) is 19.2 Å². The van der Waals surface area contributed by atoms with E-state index >= 15 is 0 Å². The van der Waals surface area contributed by atoms with Gasteiger partial charge in [-0.3, -0.25) is 19.2 Å². The van der Waals surface area contributed by atoms with Gasteiger partial charge in [0.05, 0.1) is 0 Å². The molecule has 0 aromatic heterocycles. The number of carbonyl (C=O) groups excluding carboxylic acids is 2. The highest BCUT2D eigenvalue weighted by Crippen LogP contribution is 2.26. The van der Waals surface area contributed by atoms with Crippen molar-refractivity contribution < 1.29 is 29.4 Å². The predicted octanol–water partition coefficient (Wildman–Crippen LogP) is 3.17. The summed E-state index contributed by atoms with van der Waals surface area (Å²) < 4.78 is 0. The number of aliphatic carboxylic acids is 2. The van der Waals surface area contributed by atoms with E-state index in [0.717, 1.165) is 0 Å². The smallest absolute Gasteiger partial charge is 0.319 e. The number of carboxylic acids is 2. The minimum atomic E-state index is -1.83. The molecule has 2 aromatic carbocycles. The van der Waals surface area contributed by atoms with Crippen LogP contribution in [0.3, 0.4) is 0 Å². The average Bonchev–Trinajstić information content (AvgIpc) is 2.58. The topological polar surface area (TPSA) is 109 Å². The number of hydrogen-bond acceptors (Lipinski definition) is 4. The van der Waals surface area contributed by atoms with Crippen molar-refractivity contribution >= 4 is 46.7 Å². The number of Topliss-reactive ketones (excluding diaryl/α,β-unsaturated/α-hetero) is 2. The van der Waals surface area contributed by atoms with Gasteiger partial charge in [0, 0.05) is 10.0 Å². The van der Waals surface area contributed by atoms with E-state index in [2.05, 4.69) is 0 Å². The van der Waals surface area contributed by atoms with Gasteiger partial charge in [-0.1, -0.05) is 47.5 Å². The van der Waals surface area contributed by atoms with Crippen LogP contribution < -0.4 is 0 Å². The second kappa shape index (κ2) is 8.12. The highest BCUT2D eigenvalue weighted by Gasteiger charge is 2.40. The molecule has 2 aromatic rings. The van der Waals surface area contributed by atoms with Crippen LogP contribution in [0.15, 0.2) is 48.5 Å². The molecule has 0 radical (unpaired) electrons. The maximum absolute atomic E-state index is 12.5. The van der Waals surface area contributed by atoms with Gasteiger partial charge in [-0.2, -0.15) is 0 Å². The summed E-state index contributed by atoms with van der Waals surface area (Å²) in [4.78, 5) is 48.1. The molecule has 0 bridgehead atoms. The fraction of sp³-hybridized carbons (Fsp3) is 0.111. The molecule has 8 heteroatoms. The van der Waals surface area contributed by atoms with Gasteiger partial charge >= 0.3 is 11.9 Å². The average molecular weight is 395 g/mol. The summed E-state index contributed by atoms with van der Waals surface area (Å²) in [5, 5.41) is 19.4. The molecule has 0 aliphatic carbocycles. The highest BCUT2D eigenvalue weighted by atomic mass is 35.5. The first-order valence-electron chi connectivity index (χ1n) is 7.27. The van der Waals surface area contributed by atoms with E-state index in [-0.39, 0.29) is 11.1 Å². The molecular weight excluding hydrogens is 383 g/mol. The molecule has 0 spiro atoms. The van der Waals surface area contributed by atoms with E-state index < -0.39 is 35.3 Å². The fourth-order valence-electron chi connectivity index (χ4n) is 2.41. The van der Waals surface area contributed by atoms with Crippen molar-refractivity contribution in [2.45, 2.75) is 11.8 Å². The molecule has 2 atom stereocenters. The number of carboxylic acid groups (broad SMARTS) is 2. The van der Waals surface area contributed by atoms with Gasteiger partial charge in [-0.15, -0.1) is 0 Å². The van der Waals surface area contributed by atoms with E-state index in [1.165, 1.54) is 48.5 Å². The molecule has 0 fully saturated rings. The minimum Gasteiger partial charge on any atom is -0.480 e. The molecule has 0 aliphatic heterocycles. The zero-order valence-electron chi connectivity index (χ0n) is 13.1. The Bertz CT molecular complexity index is 785. The number of rotatable bonds is 7. The lowest BCUT2D eigenvalue weighted by Gasteiger charge is -2.15. The van der Waals surface area contributed by atoms with E-state index in [9.17, 15) is 29.4 Å². The Morgan fingerprint density at radius 2 is 0.885 bits per heavy atom. The van der Waals surface area contributed by atoms with E-state index in [1.54, 1.807) is 0 Å². The molecule has 0 aliphatic rings. The molecule has 0 amide bonds. The van der Waals surface area contributed by atoms with Crippen LogP contribution in [0, 0.1) is 0 Å². The highest BCUT2D eigenvalue weighted by molar-refractivity contribution is 6.47. The number of carbonyl (C=O) groups is 4. The predicted molar refractivity (Wildman–Crippen MR) is 93.7 cm³/mol. The van der Waals surface area contributed by atoms with Crippen LogP contribution in [0.25, 0.3) is 0 Å². The zero-order valence-corrected chi connectivity index (χ0v) is 14.6. The van der Waals surface area contributed by atoms with Gasteiger partial charge in [0.25, 0.3) is 0 Å². The van der Waals surface area contributed by atoms with Crippen LogP contribution >= 0.6 is 23.2 Å². The summed E-state index contributed by atoms with van der Waals surface area (Å²) in [6.07, 6.45) is 0. The van der Waals surface area contributed by atoms with E-state index in [1.807, 2.05) is 0 Å². The summed E-state index contributed by atoms with van der Waals surface area (Å²) in [6.45, 7) is 0. The van der Waals surface area contributed by atoms with Crippen molar-refractivity contribution in [3.8, 4) is 0 Å². The first-order chi connectivity index (χ1) is 12.2. The fourth-order valence-corrected chi connectivity index (χ4v) is 2.66. The zero-order chi connectivity index (χ0) is 19.4. The second-order valence-electron chi connectivity index (χ2n) is 5.37. The molecule has 2 N–H and O–H groups in total. The Morgan fingerprint density at radius 1 is 0.615 bits per heavy atom. The molecular formula is C18H12Cl2O6. The number of hydrogen-bond donors (Lipinski definition) is 2. The molecule has 0 saturated heterocycles.